The molecule has 1 aromatic carbocycles. The summed E-state index contributed by atoms with van der Waals surface area (Å²) in [4.78, 5) is 55.9. The molecule has 4 aliphatic rings. The molecule has 4 aliphatic heterocycles. The van der Waals surface area contributed by atoms with E-state index in [-0.39, 0.29) is 43.6 Å². The van der Waals surface area contributed by atoms with Crippen molar-refractivity contribution in [1.29, 1.82) is 0 Å². The summed E-state index contributed by atoms with van der Waals surface area (Å²) in [7, 11) is 0. The van der Waals surface area contributed by atoms with Crippen LogP contribution in [0.25, 0.3) is 0 Å². The Morgan fingerprint density at radius 3 is 2.21 bits per heavy atom. The molecule has 5 rings (SSSR count). The standard InChI is InChI=1S/C22H27N5O4.2ClH/c28-18-5-4-17(20(29)24-18)27-21(30)15-2-1-3-16(19(15)22(27)31)26-12-10-25(11-13-26)14-6-8-23-9-7-14;;/h1-3,14,17,23H,4-13H2,(H,24,28,29);2*1H. The Bertz CT molecular complexity index is 945. The summed E-state index contributed by atoms with van der Waals surface area (Å²) in [5.74, 6) is -1.84. The number of anilines is 1. The summed E-state index contributed by atoms with van der Waals surface area (Å²) >= 11 is 0. The molecule has 2 N–H and O–H groups in total. The maximum atomic E-state index is 13.3. The first kappa shape index (κ1) is 25.4. The van der Waals surface area contributed by atoms with Crippen LogP contribution < -0.4 is 15.5 Å². The van der Waals surface area contributed by atoms with E-state index in [9.17, 15) is 19.2 Å². The molecule has 1 atom stereocenters. The molecular weight excluding hydrogens is 469 g/mol. The number of nitrogens with one attached hydrogen (secondary N) is 2. The van der Waals surface area contributed by atoms with Gasteiger partial charge in [0.2, 0.25) is 11.8 Å². The Labute approximate surface area is 205 Å². The maximum Gasteiger partial charge on any atom is 0.264 e. The minimum Gasteiger partial charge on any atom is -0.368 e. The van der Waals surface area contributed by atoms with Crippen molar-refractivity contribution in [2.45, 2.75) is 37.8 Å². The number of piperazine rings is 1. The number of imide groups is 2. The Hall–Kier alpha value is -2.20. The summed E-state index contributed by atoms with van der Waals surface area (Å²) in [6.45, 7) is 5.55. The van der Waals surface area contributed by atoms with Crippen molar-refractivity contribution in [2.75, 3.05) is 44.2 Å². The number of hydrogen-bond donors (Lipinski definition) is 2. The van der Waals surface area contributed by atoms with Crippen LogP contribution >= 0.6 is 24.8 Å². The molecule has 0 spiro atoms. The van der Waals surface area contributed by atoms with Crippen LogP contribution in [0.15, 0.2) is 18.2 Å². The predicted octanol–water partition coefficient (Wildman–Crippen LogP) is 0.805. The van der Waals surface area contributed by atoms with E-state index in [1.807, 2.05) is 6.07 Å². The van der Waals surface area contributed by atoms with Crippen LogP contribution in [-0.2, 0) is 9.59 Å². The summed E-state index contributed by atoms with van der Waals surface area (Å²) in [5, 5.41) is 5.65. The zero-order valence-corrected chi connectivity index (χ0v) is 19.9. The average molecular weight is 498 g/mol. The molecular formula is C22H29Cl2N5O4. The number of carbonyl (C=O) groups is 4. The van der Waals surface area contributed by atoms with Gasteiger partial charge in [0.25, 0.3) is 11.8 Å². The second-order valence-electron chi connectivity index (χ2n) is 8.65. The van der Waals surface area contributed by atoms with E-state index in [2.05, 4.69) is 20.4 Å². The Kier molecular flexibility index (Phi) is 8.00. The van der Waals surface area contributed by atoms with Crippen LogP contribution in [0.5, 0.6) is 0 Å². The monoisotopic (exact) mass is 497 g/mol. The molecule has 4 heterocycles. The summed E-state index contributed by atoms with van der Waals surface area (Å²) in [6.07, 6.45) is 2.61. The van der Waals surface area contributed by atoms with E-state index in [0.29, 0.717) is 17.2 Å². The van der Waals surface area contributed by atoms with E-state index in [0.717, 1.165) is 62.7 Å². The largest absolute Gasteiger partial charge is 0.368 e. The highest BCUT2D eigenvalue weighted by atomic mass is 35.5. The highest BCUT2D eigenvalue weighted by Crippen LogP contribution is 2.34. The van der Waals surface area contributed by atoms with E-state index in [1.54, 1.807) is 12.1 Å². The lowest BCUT2D eigenvalue weighted by Crippen LogP contribution is -2.54. The van der Waals surface area contributed by atoms with Gasteiger partial charge in [0.1, 0.15) is 6.04 Å². The van der Waals surface area contributed by atoms with Gasteiger partial charge in [-0.15, -0.1) is 24.8 Å². The molecule has 180 valence electrons. The highest BCUT2D eigenvalue weighted by molar-refractivity contribution is 6.25. The SMILES string of the molecule is Cl.Cl.O=C1CCC(N2C(=O)c3cccc(N4CCN(C5CCNCC5)CC4)c3C2=O)C(=O)N1. The van der Waals surface area contributed by atoms with Gasteiger partial charge in [0.05, 0.1) is 16.8 Å². The third-order valence-corrected chi connectivity index (χ3v) is 6.93. The van der Waals surface area contributed by atoms with Crippen molar-refractivity contribution in [3.05, 3.63) is 29.3 Å². The third-order valence-electron chi connectivity index (χ3n) is 6.93. The van der Waals surface area contributed by atoms with Crippen molar-refractivity contribution in [1.82, 2.24) is 20.4 Å². The van der Waals surface area contributed by atoms with Gasteiger partial charge >= 0.3 is 0 Å². The molecule has 0 aliphatic carbocycles. The second kappa shape index (κ2) is 10.4. The van der Waals surface area contributed by atoms with Crippen LogP contribution in [0.1, 0.15) is 46.4 Å². The lowest BCUT2D eigenvalue weighted by Gasteiger charge is -2.42. The summed E-state index contributed by atoms with van der Waals surface area (Å²) in [6, 6.07) is 5.01. The van der Waals surface area contributed by atoms with Crippen molar-refractivity contribution in [3.63, 3.8) is 0 Å². The lowest BCUT2D eigenvalue weighted by molar-refractivity contribution is -0.136. The van der Waals surface area contributed by atoms with Gasteiger partial charge in [-0.2, -0.15) is 0 Å². The van der Waals surface area contributed by atoms with Crippen molar-refractivity contribution < 1.29 is 19.2 Å². The number of amides is 4. The molecule has 9 nitrogen and oxygen atoms in total. The smallest absolute Gasteiger partial charge is 0.264 e. The number of nitrogens with zero attached hydrogens (tertiary/aromatic N) is 3. The highest BCUT2D eigenvalue weighted by Gasteiger charge is 2.46. The molecule has 0 radical (unpaired) electrons. The summed E-state index contributed by atoms with van der Waals surface area (Å²) in [5.41, 5.74) is 1.48. The van der Waals surface area contributed by atoms with Gasteiger partial charge in [-0.25, -0.2) is 0 Å². The molecule has 0 saturated carbocycles. The normalized spacial score (nSPS) is 24.2. The van der Waals surface area contributed by atoms with Gasteiger partial charge < -0.3 is 10.2 Å². The number of halogens is 2. The first-order valence-corrected chi connectivity index (χ1v) is 11.1. The Morgan fingerprint density at radius 1 is 0.848 bits per heavy atom. The topological polar surface area (TPSA) is 102 Å². The molecule has 11 heteroatoms. The van der Waals surface area contributed by atoms with E-state index in [4.69, 9.17) is 0 Å². The van der Waals surface area contributed by atoms with Crippen molar-refractivity contribution in [2.24, 2.45) is 0 Å². The molecule has 0 aromatic heterocycles. The lowest BCUT2D eigenvalue weighted by atomic mass is 10.0. The maximum absolute atomic E-state index is 13.3. The predicted molar refractivity (Wildman–Crippen MR) is 127 cm³/mol. The first-order valence-electron chi connectivity index (χ1n) is 11.1. The minimum absolute atomic E-state index is 0. The first-order chi connectivity index (χ1) is 15.0. The van der Waals surface area contributed by atoms with Crippen LogP contribution in [0, 0.1) is 0 Å². The fourth-order valence-electron chi connectivity index (χ4n) is 5.26. The fourth-order valence-corrected chi connectivity index (χ4v) is 5.26. The van der Waals surface area contributed by atoms with E-state index < -0.39 is 23.8 Å². The molecule has 3 fully saturated rings. The number of fused-ring (bicyclic) bond motifs is 1. The van der Waals surface area contributed by atoms with Gasteiger partial charge in [0.15, 0.2) is 0 Å². The zero-order chi connectivity index (χ0) is 21.5. The number of hydrogen-bond acceptors (Lipinski definition) is 7. The summed E-state index contributed by atoms with van der Waals surface area (Å²) < 4.78 is 0. The number of rotatable bonds is 3. The van der Waals surface area contributed by atoms with Gasteiger partial charge in [-0.1, -0.05) is 6.07 Å². The van der Waals surface area contributed by atoms with Gasteiger partial charge in [0, 0.05) is 38.6 Å². The van der Waals surface area contributed by atoms with E-state index >= 15 is 0 Å². The van der Waals surface area contributed by atoms with Crippen molar-refractivity contribution in [3.8, 4) is 0 Å². The van der Waals surface area contributed by atoms with Gasteiger partial charge in [-0.3, -0.25) is 34.3 Å². The van der Waals surface area contributed by atoms with Crippen LogP contribution in [0.3, 0.4) is 0 Å². The van der Waals surface area contributed by atoms with Gasteiger partial charge in [-0.05, 0) is 44.5 Å². The zero-order valence-electron chi connectivity index (χ0n) is 18.2. The average Bonchev–Trinajstić information content (AvgIpc) is 3.05. The molecule has 0 bridgehead atoms. The molecule has 4 amide bonds. The Balaban J connectivity index is 0.00000153. The van der Waals surface area contributed by atoms with Crippen LogP contribution in [-0.4, -0.2) is 84.8 Å². The molecule has 1 unspecified atom stereocenters. The van der Waals surface area contributed by atoms with Crippen LogP contribution in [0.4, 0.5) is 5.69 Å². The second-order valence-corrected chi connectivity index (χ2v) is 8.65. The Morgan fingerprint density at radius 2 is 1.55 bits per heavy atom. The number of benzene rings is 1. The third kappa shape index (κ3) is 4.59. The minimum atomic E-state index is -0.935. The molecule has 1 aromatic rings. The molecule has 33 heavy (non-hydrogen) atoms. The number of piperidine rings is 2. The quantitative estimate of drug-likeness (QED) is 0.595. The van der Waals surface area contributed by atoms with E-state index in [1.165, 1.54) is 0 Å². The van der Waals surface area contributed by atoms with Crippen molar-refractivity contribution >= 4 is 54.1 Å². The fraction of sp³-hybridized carbons (Fsp3) is 0.545. The van der Waals surface area contributed by atoms with Crippen LogP contribution in [0.2, 0.25) is 0 Å². The number of carbonyl (C=O) groups excluding carboxylic acids is 4. The molecule has 3 saturated heterocycles.